The van der Waals surface area contributed by atoms with Gasteiger partial charge in [0.2, 0.25) is 0 Å². The maximum absolute atomic E-state index is 10.7. The molecule has 0 aliphatic rings. The second-order valence-corrected chi connectivity index (χ2v) is 3.87. The Morgan fingerprint density at radius 3 is 2.67 bits per heavy atom. The van der Waals surface area contributed by atoms with Gasteiger partial charge >= 0.3 is 0 Å². The highest BCUT2D eigenvalue weighted by Gasteiger charge is 2.11. The molecule has 0 amide bonds. The summed E-state index contributed by atoms with van der Waals surface area (Å²) in [5.41, 5.74) is 0.0867. The number of carboxylic acid groups (broad SMARTS) is 1. The maximum Gasteiger partial charge on any atom is 0.174 e. The molecule has 1 rings (SSSR count). The van der Waals surface area contributed by atoms with E-state index < -0.39 is 5.97 Å². The van der Waals surface area contributed by atoms with Crippen LogP contribution in [0.1, 0.15) is 17.3 Å². The molecule has 4 nitrogen and oxygen atoms in total. The van der Waals surface area contributed by atoms with E-state index in [1.807, 2.05) is 29.5 Å². The number of aromatic carboxylic acids is 1. The highest BCUT2D eigenvalue weighted by atomic mass is 127. The molecule has 0 saturated carbocycles. The summed E-state index contributed by atoms with van der Waals surface area (Å²) in [5, 5.41) is 10.7. The van der Waals surface area contributed by atoms with Crippen molar-refractivity contribution in [2.24, 2.45) is 0 Å². The summed E-state index contributed by atoms with van der Waals surface area (Å²) >= 11 is 1.99. The first-order valence-electron chi connectivity index (χ1n) is 4.31. The van der Waals surface area contributed by atoms with Gasteiger partial charge in [0, 0.05) is 5.56 Å². The van der Waals surface area contributed by atoms with Gasteiger partial charge < -0.3 is 19.4 Å². The van der Waals surface area contributed by atoms with Crippen LogP contribution in [0.2, 0.25) is 0 Å². The van der Waals surface area contributed by atoms with Crippen LogP contribution in [-0.4, -0.2) is 19.7 Å². The molecule has 0 spiro atoms. The first kappa shape index (κ1) is 12.1. The first-order valence-corrected chi connectivity index (χ1v) is 5.39. The van der Waals surface area contributed by atoms with E-state index in [0.29, 0.717) is 21.7 Å². The Bertz CT molecular complexity index is 376. The Morgan fingerprint density at radius 1 is 1.53 bits per heavy atom. The van der Waals surface area contributed by atoms with E-state index >= 15 is 0 Å². The Labute approximate surface area is 101 Å². The molecule has 0 radical (unpaired) electrons. The van der Waals surface area contributed by atoms with E-state index in [0.717, 1.165) is 0 Å². The summed E-state index contributed by atoms with van der Waals surface area (Å²) in [5.74, 6) is -0.259. The summed E-state index contributed by atoms with van der Waals surface area (Å²) in [6.45, 7) is 2.26. The lowest BCUT2D eigenvalue weighted by Gasteiger charge is -2.13. The van der Waals surface area contributed by atoms with Gasteiger partial charge in [0.05, 0.1) is 23.3 Å². The Balaban J connectivity index is 3.25. The van der Waals surface area contributed by atoms with E-state index in [9.17, 15) is 9.90 Å². The Morgan fingerprint density at radius 2 is 2.20 bits per heavy atom. The number of rotatable bonds is 4. The summed E-state index contributed by atoms with van der Waals surface area (Å²) < 4.78 is 11.1. The van der Waals surface area contributed by atoms with E-state index in [1.54, 1.807) is 0 Å². The number of halogens is 1. The van der Waals surface area contributed by atoms with Crippen LogP contribution in [0, 0.1) is 3.57 Å². The van der Waals surface area contributed by atoms with Crippen molar-refractivity contribution in [2.45, 2.75) is 6.92 Å². The molecule has 0 fully saturated rings. The molecular weight excluding hydrogens is 311 g/mol. The molecule has 0 N–H and O–H groups in total. The number of ether oxygens (including phenoxy) is 2. The minimum absolute atomic E-state index is 0.0867. The fourth-order valence-corrected chi connectivity index (χ4v) is 1.97. The van der Waals surface area contributed by atoms with Crippen molar-refractivity contribution in [2.75, 3.05) is 13.7 Å². The molecule has 0 aliphatic carbocycles. The largest absolute Gasteiger partial charge is 0.545 e. The van der Waals surface area contributed by atoms with Crippen LogP contribution in [0.15, 0.2) is 12.1 Å². The average molecular weight is 321 g/mol. The third kappa shape index (κ3) is 2.74. The summed E-state index contributed by atoms with van der Waals surface area (Å²) in [6.07, 6.45) is 0. The predicted molar refractivity (Wildman–Crippen MR) is 61.2 cm³/mol. The topological polar surface area (TPSA) is 58.6 Å². The van der Waals surface area contributed by atoms with Crippen LogP contribution < -0.4 is 14.6 Å². The zero-order valence-electron chi connectivity index (χ0n) is 8.37. The molecule has 1 aromatic carbocycles. The Hall–Kier alpha value is -0.980. The third-order valence-electron chi connectivity index (χ3n) is 1.75. The molecule has 82 valence electrons. The van der Waals surface area contributed by atoms with Crippen molar-refractivity contribution in [3.05, 3.63) is 21.3 Å². The summed E-state index contributed by atoms with van der Waals surface area (Å²) in [7, 11) is 1.51. The molecule has 0 atom stereocenters. The highest BCUT2D eigenvalue weighted by Crippen LogP contribution is 2.33. The van der Waals surface area contributed by atoms with E-state index in [4.69, 9.17) is 9.47 Å². The van der Waals surface area contributed by atoms with Crippen molar-refractivity contribution in [1.29, 1.82) is 0 Å². The molecule has 0 unspecified atom stereocenters. The predicted octanol–water partition coefficient (Wildman–Crippen LogP) is 1.06. The van der Waals surface area contributed by atoms with Gasteiger partial charge in [-0.2, -0.15) is 0 Å². The van der Waals surface area contributed by atoms with Crippen LogP contribution >= 0.6 is 22.6 Å². The fourth-order valence-electron chi connectivity index (χ4n) is 1.15. The molecular formula is C10H10IO4-. The zero-order valence-corrected chi connectivity index (χ0v) is 10.5. The van der Waals surface area contributed by atoms with Gasteiger partial charge in [-0.15, -0.1) is 0 Å². The van der Waals surface area contributed by atoms with E-state index in [1.165, 1.54) is 19.2 Å². The standard InChI is InChI=1S/C10H11IO4/c1-3-15-8-5-6(10(12)13)4-7(11)9(8)14-2/h4-5H,3H2,1-2H3,(H,12,13)/p-1. The first-order chi connectivity index (χ1) is 7.10. The van der Waals surface area contributed by atoms with Crippen LogP contribution in [-0.2, 0) is 0 Å². The molecule has 5 heteroatoms. The fraction of sp³-hybridized carbons (Fsp3) is 0.300. The summed E-state index contributed by atoms with van der Waals surface area (Å²) in [4.78, 5) is 10.7. The van der Waals surface area contributed by atoms with Crippen molar-refractivity contribution in [1.82, 2.24) is 0 Å². The minimum atomic E-state index is -1.23. The van der Waals surface area contributed by atoms with Crippen LogP contribution in [0.5, 0.6) is 11.5 Å². The molecule has 0 saturated heterocycles. The minimum Gasteiger partial charge on any atom is -0.545 e. The zero-order chi connectivity index (χ0) is 11.4. The van der Waals surface area contributed by atoms with Crippen LogP contribution in [0.25, 0.3) is 0 Å². The quantitative estimate of drug-likeness (QED) is 0.778. The Kier molecular flexibility index (Phi) is 4.19. The molecule has 0 aliphatic heterocycles. The molecule has 15 heavy (non-hydrogen) atoms. The van der Waals surface area contributed by atoms with Gasteiger partial charge in [-0.05, 0) is 41.6 Å². The SMILES string of the molecule is CCOc1cc(C(=O)[O-])cc(I)c1OC. The number of hydrogen-bond acceptors (Lipinski definition) is 4. The second-order valence-electron chi connectivity index (χ2n) is 2.71. The number of carbonyl (C=O) groups excluding carboxylic acids is 1. The van der Waals surface area contributed by atoms with Crippen LogP contribution in [0.4, 0.5) is 0 Å². The van der Waals surface area contributed by atoms with Crippen LogP contribution in [0.3, 0.4) is 0 Å². The smallest absolute Gasteiger partial charge is 0.174 e. The number of carbonyl (C=O) groups is 1. The molecule has 0 aromatic heterocycles. The van der Waals surface area contributed by atoms with Gasteiger partial charge in [0.1, 0.15) is 0 Å². The lowest BCUT2D eigenvalue weighted by molar-refractivity contribution is -0.255. The van der Waals surface area contributed by atoms with E-state index in [-0.39, 0.29) is 5.56 Å². The maximum atomic E-state index is 10.7. The van der Waals surface area contributed by atoms with Crippen molar-refractivity contribution < 1.29 is 19.4 Å². The van der Waals surface area contributed by atoms with Gasteiger partial charge in [-0.25, -0.2) is 0 Å². The molecule has 0 heterocycles. The van der Waals surface area contributed by atoms with Gasteiger partial charge in [-0.3, -0.25) is 0 Å². The highest BCUT2D eigenvalue weighted by molar-refractivity contribution is 14.1. The van der Waals surface area contributed by atoms with Crippen molar-refractivity contribution in [3.63, 3.8) is 0 Å². The van der Waals surface area contributed by atoms with Crippen molar-refractivity contribution >= 4 is 28.6 Å². The number of hydrogen-bond donors (Lipinski definition) is 0. The lowest BCUT2D eigenvalue weighted by Crippen LogP contribution is -2.22. The third-order valence-corrected chi connectivity index (χ3v) is 2.55. The summed E-state index contributed by atoms with van der Waals surface area (Å²) in [6, 6.07) is 2.89. The number of carboxylic acids is 1. The van der Waals surface area contributed by atoms with Gasteiger partial charge in [0.25, 0.3) is 0 Å². The second kappa shape index (κ2) is 5.20. The monoisotopic (exact) mass is 321 g/mol. The normalized spacial score (nSPS) is 9.80. The van der Waals surface area contributed by atoms with Gasteiger partial charge in [0.15, 0.2) is 11.5 Å². The van der Waals surface area contributed by atoms with Gasteiger partial charge in [-0.1, -0.05) is 0 Å². The molecule has 0 bridgehead atoms. The van der Waals surface area contributed by atoms with Crippen molar-refractivity contribution in [3.8, 4) is 11.5 Å². The number of benzene rings is 1. The molecule has 1 aromatic rings. The lowest BCUT2D eigenvalue weighted by atomic mass is 10.2. The average Bonchev–Trinajstić information content (AvgIpc) is 2.17. The van der Waals surface area contributed by atoms with E-state index in [2.05, 4.69) is 0 Å². The number of methoxy groups -OCH3 is 1.